The maximum absolute atomic E-state index is 5.95. The lowest BCUT2D eigenvalue weighted by Crippen LogP contribution is -2.03. The Morgan fingerprint density at radius 3 is 2.62 bits per heavy atom. The minimum Gasteiger partial charge on any atom is -0.493 e. The van der Waals surface area contributed by atoms with Gasteiger partial charge in [-0.1, -0.05) is 13.0 Å². The minimum atomic E-state index is 0.581. The Balaban J connectivity index is 2.00. The van der Waals surface area contributed by atoms with Crippen LogP contribution in [0.2, 0.25) is 0 Å². The van der Waals surface area contributed by atoms with Crippen LogP contribution in [0.25, 0.3) is 0 Å². The van der Waals surface area contributed by atoms with Gasteiger partial charge >= 0.3 is 0 Å². The van der Waals surface area contributed by atoms with Crippen molar-refractivity contribution in [2.75, 3.05) is 6.61 Å². The van der Waals surface area contributed by atoms with Gasteiger partial charge in [-0.05, 0) is 49.9 Å². The highest BCUT2D eigenvalue weighted by Crippen LogP contribution is 2.24. The summed E-state index contributed by atoms with van der Waals surface area (Å²) in [5, 5.41) is 1.12. The Hall–Kier alpha value is -1.39. The van der Waals surface area contributed by atoms with E-state index in [0.29, 0.717) is 13.2 Å². The van der Waals surface area contributed by atoms with Crippen LogP contribution in [-0.4, -0.2) is 11.6 Å². The summed E-state index contributed by atoms with van der Waals surface area (Å²) in [5.41, 5.74) is 10.6. The van der Waals surface area contributed by atoms with E-state index < -0.39 is 0 Å². The number of hydrogen-bond donors (Lipinski definition) is 1. The summed E-state index contributed by atoms with van der Waals surface area (Å²) in [6.07, 6.45) is 1.78. The van der Waals surface area contributed by atoms with Crippen molar-refractivity contribution in [3.8, 4) is 5.75 Å². The SMILES string of the molecule is CCc1nc(CCOc2cc(C)cc(C)c2C)sc1CN. The summed E-state index contributed by atoms with van der Waals surface area (Å²) in [6, 6.07) is 4.29. The van der Waals surface area contributed by atoms with E-state index in [1.54, 1.807) is 11.3 Å². The predicted octanol–water partition coefficient (Wildman–Crippen LogP) is 3.71. The van der Waals surface area contributed by atoms with Gasteiger partial charge in [-0.2, -0.15) is 0 Å². The molecule has 0 unspecified atom stereocenters. The van der Waals surface area contributed by atoms with E-state index in [2.05, 4.69) is 44.8 Å². The molecule has 0 saturated carbocycles. The maximum atomic E-state index is 5.95. The molecule has 1 aromatic carbocycles. The molecule has 114 valence electrons. The fourth-order valence-corrected chi connectivity index (χ4v) is 3.40. The predicted molar refractivity (Wildman–Crippen MR) is 89.2 cm³/mol. The number of benzene rings is 1. The van der Waals surface area contributed by atoms with Gasteiger partial charge in [0.25, 0.3) is 0 Å². The number of aryl methyl sites for hydroxylation is 3. The summed E-state index contributed by atoms with van der Waals surface area (Å²) in [4.78, 5) is 5.85. The van der Waals surface area contributed by atoms with Crippen LogP contribution in [0.15, 0.2) is 12.1 Å². The second-order valence-electron chi connectivity index (χ2n) is 5.34. The number of ether oxygens (including phenoxy) is 1. The highest BCUT2D eigenvalue weighted by molar-refractivity contribution is 7.11. The monoisotopic (exact) mass is 304 g/mol. The van der Waals surface area contributed by atoms with Crippen molar-refractivity contribution >= 4 is 11.3 Å². The third-order valence-corrected chi connectivity index (χ3v) is 4.86. The molecule has 1 heterocycles. The Labute approximate surface area is 131 Å². The number of nitrogens with zero attached hydrogens (tertiary/aromatic N) is 1. The molecule has 0 aliphatic heterocycles. The van der Waals surface area contributed by atoms with Gasteiger partial charge in [-0.3, -0.25) is 0 Å². The minimum absolute atomic E-state index is 0.581. The smallest absolute Gasteiger partial charge is 0.122 e. The first-order valence-electron chi connectivity index (χ1n) is 7.43. The average Bonchev–Trinajstić information content (AvgIpc) is 2.86. The lowest BCUT2D eigenvalue weighted by molar-refractivity contribution is 0.319. The zero-order chi connectivity index (χ0) is 15.4. The Morgan fingerprint density at radius 2 is 2.00 bits per heavy atom. The van der Waals surface area contributed by atoms with E-state index in [-0.39, 0.29) is 0 Å². The highest BCUT2D eigenvalue weighted by Gasteiger charge is 2.09. The van der Waals surface area contributed by atoms with Crippen molar-refractivity contribution < 1.29 is 4.74 Å². The Morgan fingerprint density at radius 1 is 1.24 bits per heavy atom. The van der Waals surface area contributed by atoms with Crippen LogP contribution in [-0.2, 0) is 19.4 Å². The first kappa shape index (κ1) is 16.0. The molecule has 1 aromatic heterocycles. The molecule has 3 nitrogen and oxygen atoms in total. The number of nitrogens with two attached hydrogens (primary N) is 1. The van der Waals surface area contributed by atoms with E-state index in [0.717, 1.165) is 29.3 Å². The van der Waals surface area contributed by atoms with E-state index in [1.807, 2.05) is 0 Å². The maximum Gasteiger partial charge on any atom is 0.122 e. The van der Waals surface area contributed by atoms with Gasteiger partial charge in [-0.25, -0.2) is 4.98 Å². The molecule has 2 N–H and O–H groups in total. The van der Waals surface area contributed by atoms with E-state index in [4.69, 9.17) is 10.5 Å². The van der Waals surface area contributed by atoms with Crippen molar-refractivity contribution in [2.24, 2.45) is 5.73 Å². The summed E-state index contributed by atoms with van der Waals surface area (Å²) < 4.78 is 5.95. The normalized spacial score (nSPS) is 10.9. The third kappa shape index (κ3) is 3.83. The lowest BCUT2D eigenvalue weighted by atomic mass is 10.1. The van der Waals surface area contributed by atoms with Crippen LogP contribution in [0.4, 0.5) is 0 Å². The van der Waals surface area contributed by atoms with Gasteiger partial charge in [0.2, 0.25) is 0 Å². The number of rotatable bonds is 6. The van der Waals surface area contributed by atoms with Crippen LogP contribution >= 0.6 is 11.3 Å². The van der Waals surface area contributed by atoms with Gasteiger partial charge in [0, 0.05) is 17.8 Å². The summed E-state index contributed by atoms with van der Waals surface area (Å²) in [5.74, 6) is 0.985. The number of hydrogen-bond acceptors (Lipinski definition) is 4. The molecule has 21 heavy (non-hydrogen) atoms. The molecule has 2 rings (SSSR count). The second-order valence-corrected chi connectivity index (χ2v) is 6.51. The second kappa shape index (κ2) is 7.05. The molecule has 0 fully saturated rings. The van der Waals surface area contributed by atoms with Gasteiger partial charge in [0.1, 0.15) is 5.75 Å². The van der Waals surface area contributed by atoms with Crippen LogP contribution in [0.3, 0.4) is 0 Å². The molecule has 0 saturated heterocycles. The quantitative estimate of drug-likeness (QED) is 0.885. The van der Waals surface area contributed by atoms with Gasteiger partial charge in [0.05, 0.1) is 17.3 Å². The number of aromatic nitrogens is 1. The van der Waals surface area contributed by atoms with Crippen molar-refractivity contribution in [1.29, 1.82) is 0 Å². The van der Waals surface area contributed by atoms with Crippen LogP contribution < -0.4 is 10.5 Å². The zero-order valence-corrected chi connectivity index (χ0v) is 14.1. The lowest BCUT2D eigenvalue weighted by Gasteiger charge is -2.11. The first-order chi connectivity index (χ1) is 10.0. The van der Waals surface area contributed by atoms with Crippen LogP contribution in [0, 0.1) is 20.8 Å². The molecule has 4 heteroatoms. The molecule has 0 bridgehead atoms. The van der Waals surface area contributed by atoms with E-state index in [1.165, 1.54) is 21.6 Å². The van der Waals surface area contributed by atoms with Crippen molar-refractivity contribution in [3.05, 3.63) is 44.4 Å². The molecule has 0 atom stereocenters. The van der Waals surface area contributed by atoms with Crippen molar-refractivity contribution in [2.45, 2.75) is 47.1 Å². The molecule has 0 aliphatic carbocycles. The first-order valence-corrected chi connectivity index (χ1v) is 8.25. The Bertz CT molecular complexity index is 598. The van der Waals surface area contributed by atoms with E-state index >= 15 is 0 Å². The summed E-state index contributed by atoms with van der Waals surface area (Å²) >= 11 is 1.71. The molecule has 0 spiro atoms. The molecular weight excluding hydrogens is 280 g/mol. The largest absolute Gasteiger partial charge is 0.493 e. The van der Waals surface area contributed by atoms with Gasteiger partial charge in [-0.15, -0.1) is 11.3 Å². The molecule has 0 aliphatic rings. The van der Waals surface area contributed by atoms with Gasteiger partial charge in [0.15, 0.2) is 0 Å². The molecule has 2 aromatic rings. The molecule has 0 radical (unpaired) electrons. The summed E-state index contributed by atoms with van der Waals surface area (Å²) in [7, 11) is 0. The number of thiazole rings is 1. The van der Waals surface area contributed by atoms with Crippen molar-refractivity contribution in [1.82, 2.24) is 4.98 Å². The van der Waals surface area contributed by atoms with Crippen molar-refractivity contribution in [3.63, 3.8) is 0 Å². The Kier molecular flexibility index (Phi) is 5.37. The summed E-state index contributed by atoms with van der Waals surface area (Å²) in [6.45, 7) is 9.68. The van der Waals surface area contributed by atoms with Gasteiger partial charge < -0.3 is 10.5 Å². The topological polar surface area (TPSA) is 48.1 Å². The van der Waals surface area contributed by atoms with Crippen LogP contribution in [0.1, 0.15) is 39.2 Å². The fourth-order valence-electron chi connectivity index (χ4n) is 2.38. The standard InChI is InChI=1S/C17H24N2OS/c1-5-14-16(10-18)21-17(19-14)6-7-20-15-9-11(2)8-12(3)13(15)4/h8-9H,5-7,10,18H2,1-4H3. The zero-order valence-electron chi connectivity index (χ0n) is 13.3. The van der Waals surface area contributed by atoms with E-state index in [9.17, 15) is 0 Å². The fraction of sp³-hybridized carbons (Fsp3) is 0.471. The van der Waals surface area contributed by atoms with Crippen LogP contribution in [0.5, 0.6) is 5.75 Å². The molecule has 0 amide bonds. The third-order valence-electron chi connectivity index (χ3n) is 3.68. The molecular formula is C17H24N2OS. The highest BCUT2D eigenvalue weighted by atomic mass is 32.1. The average molecular weight is 304 g/mol.